The van der Waals surface area contributed by atoms with Crippen LogP contribution in [0.15, 0.2) is 18.3 Å². The number of likely N-dealkylation sites (tertiary alicyclic amines) is 1. The van der Waals surface area contributed by atoms with E-state index < -0.39 is 0 Å². The minimum absolute atomic E-state index is 0.147. The third-order valence-corrected chi connectivity index (χ3v) is 7.01. The molecule has 4 heterocycles. The number of rotatable bonds is 8. The van der Waals surface area contributed by atoms with Gasteiger partial charge in [0.15, 0.2) is 0 Å². The topological polar surface area (TPSA) is 111 Å². The number of ether oxygens (including phenoxy) is 1. The molecular weight excluding hydrogens is 464 g/mol. The highest BCUT2D eigenvalue weighted by molar-refractivity contribution is 7.98. The standard InChI is InChI=1S/C25H30N6O3S/c1-34-24-19(16-30-9-4-8-22(30)32)12-18-6-3-10-31(23(18)29-24)25(33)28-21-13-17(7-5-11-35-2)20(14-26)15-27-21/h12-13,15H,3-11,16H2,1-2H3,(H,27,28,33). The smallest absolute Gasteiger partial charge is 0.328 e. The molecule has 0 saturated carbocycles. The van der Waals surface area contributed by atoms with Gasteiger partial charge in [0, 0.05) is 31.3 Å². The van der Waals surface area contributed by atoms with Crippen LogP contribution in [-0.4, -0.2) is 59.0 Å². The zero-order valence-electron chi connectivity index (χ0n) is 20.2. The van der Waals surface area contributed by atoms with Gasteiger partial charge in [-0.25, -0.2) is 9.78 Å². The minimum Gasteiger partial charge on any atom is -0.481 e. The molecule has 4 rings (SSSR count). The summed E-state index contributed by atoms with van der Waals surface area (Å²) in [7, 11) is 1.55. The first-order chi connectivity index (χ1) is 17.0. The Kier molecular flexibility index (Phi) is 8.08. The van der Waals surface area contributed by atoms with Crippen LogP contribution in [0.1, 0.15) is 47.9 Å². The number of aromatic nitrogens is 2. The van der Waals surface area contributed by atoms with Gasteiger partial charge in [-0.05, 0) is 67.4 Å². The van der Waals surface area contributed by atoms with Crippen molar-refractivity contribution in [3.05, 3.63) is 40.6 Å². The lowest BCUT2D eigenvalue weighted by Crippen LogP contribution is -2.39. The van der Waals surface area contributed by atoms with Crippen LogP contribution < -0.4 is 15.0 Å². The molecule has 2 aromatic rings. The fourth-order valence-corrected chi connectivity index (χ4v) is 4.98. The van der Waals surface area contributed by atoms with Gasteiger partial charge >= 0.3 is 6.03 Å². The van der Waals surface area contributed by atoms with E-state index in [-0.39, 0.29) is 11.9 Å². The number of anilines is 2. The van der Waals surface area contributed by atoms with Crippen molar-refractivity contribution in [2.75, 3.05) is 42.4 Å². The van der Waals surface area contributed by atoms with Crippen molar-refractivity contribution in [1.29, 1.82) is 5.26 Å². The third-order valence-electron chi connectivity index (χ3n) is 6.31. The first kappa shape index (κ1) is 24.8. The second-order valence-corrected chi connectivity index (χ2v) is 9.66. The van der Waals surface area contributed by atoms with Crippen molar-refractivity contribution >= 4 is 35.3 Å². The lowest BCUT2D eigenvalue weighted by molar-refractivity contribution is -0.128. The van der Waals surface area contributed by atoms with Crippen molar-refractivity contribution in [2.45, 2.75) is 45.1 Å². The summed E-state index contributed by atoms with van der Waals surface area (Å²) in [5.41, 5.74) is 3.22. The number of hydrogen-bond donors (Lipinski definition) is 1. The average Bonchev–Trinajstić information content (AvgIpc) is 3.27. The molecule has 0 aliphatic carbocycles. The first-order valence-electron chi connectivity index (χ1n) is 11.8. The molecular formula is C25H30N6O3S. The number of methoxy groups -OCH3 is 1. The number of urea groups is 1. The monoisotopic (exact) mass is 494 g/mol. The highest BCUT2D eigenvalue weighted by atomic mass is 32.2. The molecule has 2 aliphatic rings. The number of fused-ring (bicyclic) bond motifs is 1. The summed E-state index contributed by atoms with van der Waals surface area (Å²) in [5, 5.41) is 12.3. The van der Waals surface area contributed by atoms with E-state index in [1.54, 1.807) is 29.8 Å². The number of carbonyl (C=O) groups is 2. The number of amides is 3. The van der Waals surface area contributed by atoms with E-state index in [2.05, 4.69) is 27.6 Å². The van der Waals surface area contributed by atoms with Crippen LogP contribution >= 0.6 is 11.8 Å². The van der Waals surface area contributed by atoms with Gasteiger partial charge in [0.1, 0.15) is 17.7 Å². The van der Waals surface area contributed by atoms with Gasteiger partial charge in [0.2, 0.25) is 11.8 Å². The van der Waals surface area contributed by atoms with Gasteiger partial charge in [-0.15, -0.1) is 0 Å². The number of nitrogens with zero attached hydrogens (tertiary/aromatic N) is 5. The summed E-state index contributed by atoms with van der Waals surface area (Å²) in [6.45, 7) is 1.73. The highest BCUT2D eigenvalue weighted by Gasteiger charge is 2.28. The molecule has 2 aromatic heterocycles. The summed E-state index contributed by atoms with van der Waals surface area (Å²) >= 11 is 1.76. The number of nitrogens with one attached hydrogen (secondary N) is 1. The maximum atomic E-state index is 13.2. The van der Waals surface area contributed by atoms with E-state index in [0.717, 1.165) is 61.1 Å². The van der Waals surface area contributed by atoms with Gasteiger partial charge < -0.3 is 9.64 Å². The fraction of sp³-hybridized carbons (Fsp3) is 0.480. The van der Waals surface area contributed by atoms with E-state index in [4.69, 9.17) is 4.74 Å². The summed E-state index contributed by atoms with van der Waals surface area (Å²) in [6.07, 6.45) is 8.32. The molecule has 0 atom stereocenters. The second kappa shape index (κ2) is 11.4. The maximum absolute atomic E-state index is 13.2. The number of nitriles is 1. The first-order valence-corrected chi connectivity index (χ1v) is 13.2. The van der Waals surface area contributed by atoms with Crippen LogP contribution in [0, 0.1) is 11.3 Å². The lowest BCUT2D eigenvalue weighted by atomic mass is 10.0. The SMILES string of the molecule is COc1nc2c(cc1CN1CCCC1=O)CCCN2C(=O)Nc1cc(CCCSC)c(C#N)cn1. The Balaban J connectivity index is 1.54. The van der Waals surface area contributed by atoms with E-state index in [9.17, 15) is 14.9 Å². The molecule has 1 N–H and O–H groups in total. The Morgan fingerprint density at radius 2 is 2.09 bits per heavy atom. The zero-order chi connectivity index (χ0) is 24.8. The van der Waals surface area contributed by atoms with Crippen LogP contribution in [0.3, 0.4) is 0 Å². The third kappa shape index (κ3) is 5.68. The van der Waals surface area contributed by atoms with Gasteiger partial charge in [-0.2, -0.15) is 22.0 Å². The maximum Gasteiger partial charge on any atom is 0.328 e. The zero-order valence-corrected chi connectivity index (χ0v) is 21.0. The van der Waals surface area contributed by atoms with Crippen molar-refractivity contribution in [2.24, 2.45) is 0 Å². The van der Waals surface area contributed by atoms with Crippen LogP contribution in [0.25, 0.3) is 0 Å². The van der Waals surface area contributed by atoms with Gasteiger partial charge in [-0.1, -0.05) is 0 Å². The number of pyridine rings is 2. The van der Waals surface area contributed by atoms with Crippen LogP contribution in [0.4, 0.5) is 16.4 Å². The molecule has 0 unspecified atom stereocenters. The number of aryl methyl sites for hydroxylation is 2. The predicted molar refractivity (Wildman–Crippen MR) is 136 cm³/mol. The van der Waals surface area contributed by atoms with Crippen LogP contribution in [0.2, 0.25) is 0 Å². The molecule has 1 saturated heterocycles. The highest BCUT2D eigenvalue weighted by Crippen LogP contribution is 2.32. The van der Waals surface area contributed by atoms with Gasteiger partial charge in [-0.3, -0.25) is 15.0 Å². The quantitative estimate of drug-likeness (QED) is 0.556. The van der Waals surface area contributed by atoms with Crippen molar-refractivity contribution < 1.29 is 14.3 Å². The Bertz CT molecular complexity index is 1150. The van der Waals surface area contributed by atoms with Crippen LogP contribution in [0.5, 0.6) is 5.88 Å². The van der Waals surface area contributed by atoms with E-state index in [1.807, 2.05) is 11.0 Å². The fourth-order valence-electron chi connectivity index (χ4n) is 4.55. The number of carbonyl (C=O) groups excluding carboxylic acids is 2. The molecule has 0 aromatic carbocycles. The second-order valence-electron chi connectivity index (χ2n) is 8.68. The summed E-state index contributed by atoms with van der Waals surface area (Å²) in [4.78, 5) is 37.7. The Hall–Kier alpha value is -3.32. The van der Waals surface area contributed by atoms with Crippen molar-refractivity contribution in [3.8, 4) is 11.9 Å². The van der Waals surface area contributed by atoms with Gasteiger partial charge in [0.25, 0.3) is 0 Å². The molecule has 35 heavy (non-hydrogen) atoms. The molecule has 0 bridgehead atoms. The van der Waals surface area contributed by atoms with Crippen molar-refractivity contribution in [1.82, 2.24) is 14.9 Å². The largest absolute Gasteiger partial charge is 0.481 e. The summed E-state index contributed by atoms with van der Waals surface area (Å²) in [5.74, 6) is 2.55. The average molecular weight is 495 g/mol. The van der Waals surface area contributed by atoms with E-state index >= 15 is 0 Å². The number of hydrogen-bond acceptors (Lipinski definition) is 7. The lowest BCUT2D eigenvalue weighted by Gasteiger charge is -2.29. The molecule has 0 spiro atoms. The molecule has 0 radical (unpaired) electrons. The summed E-state index contributed by atoms with van der Waals surface area (Å²) < 4.78 is 5.54. The Morgan fingerprint density at radius 3 is 2.80 bits per heavy atom. The van der Waals surface area contributed by atoms with Crippen LogP contribution in [-0.2, 0) is 24.2 Å². The van der Waals surface area contributed by atoms with E-state index in [0.29, 0.717) is 42.6 Å². The Labute approximate surface area is 209 Å². The van der Waals surface area contributed by atoms with E-state index in [1.165, 1.54) is 6.20 Å². The summed E-state index contributed by atoms with van der Waals surface area (Å²) in [6, 6.07) is 5.65. The van der Waals surface area contributed by atoms with Gasteiger partial charge in [0.05, 0.1) is 19.2 Å². The van der Waals surface area contributed by atoms with Crippen molar-refractivity contribution in [3.63, 3.8) is 0 Å². The molecule has 3 amide bonds. The predicted octanol–water partition coefficient (Wildman–Crippen LogP) is 3.76. The molecule has 1 fully saturated rings. The normalized spacial score (nSPS) is 15.1. The molecule has 2 aliphatic heterocycles. The number of thioether (sulfide) groups is 1. The minimum atomic E-state index is -0.324. The molecule has 184 valence electrons. The Morgan fingerprint density at radius 1 is 1.26 bits per heavy atom. The molecule has 9 nitrogen and oxygen atoms in total. The molecule has 10 heteroatoms.